The van der Waals surface area contributed by atoms with Gasteiger partial charge in [-0.2, -0.15) is 5.26 Å². The smallest absolute Gasteiger partial charge is 0.146 e. The first-order valence-corrected chi connectivity index (χ1v) is 5.81. The van der Waals surface area contributed by atoms with Crippen LogP contribution in [0.2, 0.25) is 0 Å². The van der Waals surface area contributed by atoms with Gasteiger partial charge in [0.2, 0.25) is 0 Å². The van der Waals surface area contributed by atoms with Crippen LogP contribution in [0.25, 0.3) is 0 Å². The Morgan fingerprint density at radius 1 is 1.41 bits per heavy atom. The number of halogens is 1. The van der Waals surface area contributed by atoms with Crippen molar-refractivity contribution in [2.24, 2.45) is 0 Å². The number of nitrogens with zero attached hydrogens (tertiary/aromatic N) is 1. The summed E-state index contributed by atoms with van der Waals surface area (Å²) in [5, 5.41) is 12.0. The number of benzene rings is 1. The van der Waals surface area contributed by atoms with E-state index in [9.17, 15) is 4.39 Å². The Bertz CT molecular complexity index is 422. The van der Waals surface area contributed by atoms with Crippen LogP contribution < -0.4 is 5.32 Å². The van der Waals surface area contributed by atoms with E-state index in [0.29, 0.717) is 5.56 Å². The summed E-state index contributed by atoms with van der Waals surface area (Å²) in [6.45, 7) is 2.14. The molecule has 0 radical (unpaired) electrons. The highest BCUT2D eigenvalue weighted by molar-refractivity contribution is 5.34. The quantitative estimate of drug-likeness (QED) is 0.869. The number of piperidine rings is 1. The van der Waals surface area contributed by atoms with Crippen LogP contribution in [-0.2, 0) is 11.3 Å². The summed E-state index contributed by atoms with van der Waals surface area (Å²) in [6.07, 6.45) is 2.11. The van der Waals surface area contributed by atoms with Gasteiger partial charge >= 0.3 is 0 Å². The molecular weight excluding hydrogens is 219 g/mol. The lowest BCUT2D eigenvalue weighted by molar-refractivity contribution is 0.0199. The van der Waals surface area contributed by atoms with E-state index in [1.54, 1.807) is 12.1 Å². The van der Waals surface area contributed by atoms with E-state index in [2.05, 4.69) is 5.32 Å². The fourth-order valence-corrected chi connectivity index (χ4v) is 1.95. The molecule has 1 aliphatic heterocycles. The second-order valence-electron chi connectivity index (χ2n) is 4.15. The molecule has 1 N–H and O–H groups in total. The fourth-order valence-electron chi connectivity index (χ4n) is 1.95. The van der Waals surface area contributed by atoms with Gasteiger partial charge in [-0.25, -0.2) is 4.39 Å². The molecule has 1 aliphatic rings. The first-order valence-electron chi connectivity index (χ1n) is 5.81. The summed E-state index contributed by atoms with van der Waals surface area (Å²) in [4.78, 5) is 0. The fraction of sp³-hybridized carbons (Fsp3) is 0.462. The maximum atomic E-state index is 13.7. The highest BCUT2D eigenvalue weighted by atomic mass is 19.1. The highest BCUT2D eigenvalue weighted by Crippen LogP contribution is 2.16. The third-order valence-electron chi connectivity index (χ3n) is 2.96. The summed E-state index contributed by atoms with van der Waals surface area (Å²) < 4.78 is 19.4. The van der Waals surface area contributed by atoms with E-state index in [0.717, 1.165) is 25.9 Å². The van der Waals surface area contributed by atoms with E-state index in [4.69, 9.17) is 10.00 Å². The molecule has 0 unspecified atom stereocenters. The highest BCUT2D eigenvalue weighted by Gasteiger charge is 2.15. The number of nitriles is 1. The van der Waals surface area contributed by atoms with Crippen LogP contribution in [0.4, 0.5) is 4.39 Å². The largest absolute Gasteiger partial charge is 0.373 e. The molecule has 1 aromatic rings. The van der Waals surface area contributed by atoms with Gasteiger partial charge in [-0.1, -0.05) is 12.1 Å². The molecule has 2 rings (SSSR count). The molecule has 0 atom stereocenters. The first kappa shape index (κ1) is 12.0. The lowest BCUT2D eigenvalue weighted by atomic mass is 10.1. The van der Waals surface area contributed by atoms with Gasteiger partial charge in [0, 0.05) is 5.56 Å². The van der Waals surface area contributed by atoms with Crippen LogP contribution in [-0.4, -0.2) is 19.2 Å². The first-order chi connectivity index (χ1) is 8.31. The second kappa shape index (κ2) is 5.76. The predicted octanol–water partition coefficient (Wildman–Crippen LogP) is 1.97. The maximum Gasteiger partial charge on any atom is 0.146 e. The van der Waals surface area contributed by atoms with Crippen LogP contribution in [0, 0.1) is 17.1 Å². The second-order valence-corrected chi connectivity index (χ2v) is 4.15. The van der Waals surface area contributed by atoms with Crippen molar-refractivity contribution in [1.82, 2.24) is 5.32 Å². The number of hydrogen-bond donors (Lipinski definition) is 1. The maximum absolute atomic E-state index is 13.7. The van der Waals surface area contributed by atoms with E-state index in [1.807, 2.05) is 6.07 Å². The molecule has 4 heteroatoms. The average molecular weight is 234 g/mol. The topological polar surface area (TPSA) is 45.0 Å². The molecule has 1 aromatic carbocycles. The van der Waals surface area contributed by atoms with Gasteiger partial charge in [-0.3, -0.25) is 0 Å². The van der Waals surface area contributed by atoms with Crippen LogP contribution in [0.15, 0.2) is 18.2 Å². The molecule has 0 spiro atoms. The van der Waals surface area contributed by atoms with Crippen molar-refractivity contribution in [2.45, 2.75) is 25.6 Å². The Kier molecular flexibility index (Phi) is 4.08. The lowest BCUT2D eigenvalue weighted by Gasteiger charge is -2.23. The molecule has 3 nitrogen and oxygen atoms in total. The van der Waals surface area contributed by atoms with Crippen LogP contribution in [0.5, 0.6) is 0 Å². The molecule has 0 aliphatic carbocycles. The molecule has 1 saturated heterocycles. The summed E-state index contributed by atoms with van der Waals surface area (Å²) in [7, 11) is 0. The van der Waals surface area contributed by atoms with Crippen molar-refractivity contribution in [2.75, 3.05) is 13.1 Å². The normalized spacial score (nSPS) is 16.7. The van der Waals surface area contributed by atoms with Gasteiger partial charge in [-0.05, 0) is 32.0 Å². The van der Waals surface area contributed by atoms with Crippen molar-refractivity contribution in [3.8, 4) is 6.07 Å². The van der Waals surface area contributed by atoms with Crippen molar-refractivity contribution in [1.29, 1.82) is 5.26 Å². The van der Waals surface area contributed by atoms with Gasteiger partial charge in [0.25, 0.3) is 0 Å². The van der Waals surface area contributed by atoms with Crippen LogP contribution in [0.1, 0.15) is 24.0 Å². The van der Waals surface area contributed by atoms with Gasteiger partial charge in [-0.15, -0.1) is 0 Å². The SMILES string of the molecule is N#Cc1cccc(COC2CCNCC2)c1F. The van der Waals surface area contributed by atoms with Crippen LogP contribution >= 0.6 is 0 Å². The summed E-state index contributed by atoms with van der Waals surface area (Å²) in [5.74, 6) is -0.455. The Hall–Kier alpha value is -1.44. The predicted molar refractivity (Wildman–Crippen MR) is 61.8 cm³/mol. The van der Waals surface area contributed by atoms with E-state index in [1.165, 1.54) is 6.07 Å². The van der Waals surface area contributed by atoms with Gasteiger partial charge in [0.1, 0.15) is 11.9 Å². The Labute approximate surface area is 100 Å². The number of nitrogens with one attached hydrogen (secondary N) is 1. The Morgan fingerprint density at radius 3 is 2.88 bits per heavy atom. The van der Waals surface area contributed by atoms with Crippen molar-refractivity contribution in [3.63, 3.8) is 0 Å². The third-order valence-corrected chi connectivity index (χ3v) is 2.96. The summed E-state index contributed by atoms with van der Waals surface area (Å²) in [5.41, 5.74) is 0.541. The molecule has 0 saturated carbocycles. The Balaban J connectivity index is 1.96. The molecular formula is C13H15FN2O. The molecule has 0 amide bonds. The zero-order valence-corrected chi connectivity index (χ0v) is 9.58. The molecule has 0 aromatic heterocycles. The van der Waals surface area contributed by atoms with Crippen molar-refractivity contribution in [3.05, 3.63) is 35.1 Å². The monoisotopic (exact) mass is 234 g/mol. The zero-order valence-electron chi connectivity index (χ0n) is 9.58. The number of rotatable bonds is 3. The average Bonchev–Trinajstić information content (AvgIpc) is 2.39. The molecule has 1 fully saturated rings. The Morgan fingerprint density at radius 2 is 2.18 bits per heavy atom. The van der Waals surface area contributed by atoms with E-state index < -0.39 is 5.82 Å². The van der Waals surface area contributed by atoms with Crippen molar-refractivity contribution < 1.29 is 9.13 Å². The number of hydrogen-bond acceptors (Lipinski definition) is 3. The third kappa shape index (κ3) is 3.02. The zero-order chi connectivity index (χ0) is 12.1. The lowest BCUT2D eigenvalue weighted by Crippen LogP contribution is -2.32. The van der Waals surface area contributed by atoms with Gasteiger partial charge < -0.3 is 10.1 Å². The minimum Gasteiger partial charge on any atom is -0.373 e. The summed E-state index contributed by atoms with van der Waals surface area (Å²) in [6, 6.07) is 6.66. The van der Waals surface area contributed by atoms with Crippen LogP contribution in [0.3, 0.4) is 0 Å². The van der Waals surface area contributed by atoms with E-state index >= 15 is 0 Å². The number of ether oxygens (including phenoxy) is 1. The minimum absolute atomic E-state index is 0.0800. The van der Waals surface area contributed by atoms with Gasteiger partial charge in [0.15, 0.2) is 0 Å². The minimum atomic E-state index is -0.455. The van der Waals surface area contributed by atoms with Crippen molar-refractivity contribution >= 4 is 0 Å². The summed E-state index contributed by atoms with van der Waals surface area (Å²) >= 11 is 0. The molecule has 1 heterocycles. The van der Waals surface area contributed by atoms with E-state index in [-0.39, 0.29) is 18.3 Å². The van der Waals surface area contributed by atoms with Gasteiger partial charge in [0.05, 0.1) is 18.3 Å². The molecule has 0 bridgehead atoms. The molecule has 90 valence electrons. The standard InChI is InChI=1S/C13H15FN2O/c14-13-10(8-15)2-1-3-11(13)9-17-12-4-6-16-7-5-12/h1-3,12,16H,4-7,9H2. The molecule has 17 heavy (non-hydrogen) atoms.